The SMILES string of the molecule is Cc1[nH]c2ccccc2c1[N+]1(C)C=CC2=C(Cl)C(Br)(Br)C(Cl)C=C21. The Kier molecular flexibility index (Phi) is 3.87. The Morgan fingerprint density at radius 3 is 2.71 bits per heavy atom. The van der Waals surface area contributed by atoms with Gasteiger partial charge in [-0.1, -0.05) is 55.6 Å². The van der Waals surface area contributed by atoms with E-state index in [1.54, 1.807) is 0 Å². The van der Waals surface area contributed by atoms with Gasteiger partial charge in [0.25, 0.3) is 0 Å². The normalized spacial score (nSPS) is 28.4. The highest BCUT2D eigenvalue weighted by molar-refractivity contribution is 9.25. The van der Waals surface area contributed by atoms with E-state index in [1.807, 2.05) is 6.07 Å². The van der Waals surface area contributed by atoms with Crippen LogP contribution in [0.2, 0.25) is 0 Å². The molecule has 24 heavy (non-hydrogen) atoms. The molecule has 1 N–H and O–H groups in total. The summed E-state index contributed by atoms with van der Waals surface area (Å²) in [5.74, 6) is 0. The largest absolute Gasteiger partial charge is 0.354 e. The topological polar surface area (TPSA) is 15.8 Å². The van der Waals surface area contributed by atoms with Crippen molar-refractivity contribution < 1.29 is 0 Å². The number of hydrogen-bond donors (Lipinski definition) is 1. The average molecular weight is 490 g/mol. The fourth-order valence-corrected chi connectivity index (χ4v) is 4.92. The molecule has 1 aromatic heterocycles. The Labute approximate surface area is 167 Å². The Morgan fingerprint density at radius 2 is 1.96 bits per heavy atom. The molecule has 6 heteroatoms. The van der Waals surface area contributed by atoms with E-state index in [4.69, 9.17) is 23.2 Å². The standard InChI is InChI=1S/C18H15Br2Cl2N2/c1-10-16(11-5-3-4-6-13(11)23-10)24(2)8-7-12-14(24)9-15(21)18(19,20)17(12)22/h3-9,15,23H,1-2H3/q+1. The van der Waals surface area contributed by atoms with Gasteiger partial charge in [-0.25, -0.2) is 4.48 Å². The Hall–Kier alpha value is -0.520. The molecule has 124 valence electrons. The summed E-state index contributed by atoms with van der Waals surface area (Å²) in [5, 5.41) is 1.59. The van der Waals surface area contributed by atoms with Gasteiger partial charge >= 0.3 is 0 Å². The molecule has 0 spiro atoms. The first kappa shape index (κ1) is 16.9. The van der Waals surface area contributed by atoms with Crippen molar-refractivity contribution in [1.82, 2.24) is 9.47 Å². The van der Waals surface area contributed by atoms with Crippen LogP contribution in [-0.4, -0.2) is 20.6 Å². The number of fused-ring (bicyclic) bond motifs is 2. The van der Waals surface area contributed by atoms with Crippen LogP contribution in [0.5, 0.6) is 0 Å². The lowest BCUT2D eigenvalue weighted by Crippen LogP contribution is -2.40. The van der Waals surface area contributed by atoms with Crippen LogP contribution >= 0.6 is 55.1 Å². The van der Waals surface area contributed by atoms with E-state index < -0.39 is 3.23 Å². The summed E-state index contributed by atoms with van der Waals surface area (Å²) in [4.78, 5) is 3.49. The molecule has 2 heterocycles. The average Bonchev–Trinajstić information content (AvgIpc) is 3.03. The van der Waals surface area contributed by atoms with Gasteiger partial charge in [-0.05, 0) is 25.1 Å². The van der Waals surface area contributed by atoms with Gasteiger partial charge in [-0.2, -0.15) is 0 Å². The zero-order chi connectivity index (χ0) is 17.3. The zero-order valence-electron chi connectivity index (χ0n) is 13.1. The van der Waals surface area contributed by atoms with Gasteiger partial charge in [-0.15, -0.1) is 11.6 Å². The fourth-order valence-electron chi connectivity index (χ4n) is 3.67. The summed E-state index contributed by atoms with van der Waals surface area (Å²) in [7, 11) is 2.17. The number of nitrogens with one attached hydrogen (secondary N) is 1. The Balaban J connectivity index is 1.97. The lowest BCUT2D eigenvalue weighted by molar-refractivity contribution is 0.568. The zero-order valence-corrected chi connectivity index (χ0v) is 17.8. The van der Waals surface area contributed by atoms with Crippen LogP contribution in [0, 0.1) is 6.92 Å². The molecular formula is C18H15Br2Cl2N2+. The third kappa shape index (κ3) is 2.17. The molecular weight excluding hydrogens is 475 g/mol. The minimum atomic E-state index is -0.628. The van der Waals surface area contributed by atoms with Crippen LogP contribution in [0.4, 0.5) is 5.69 Å². The highest BCUT2D eigenvalue weighted by atomic mass is 79.9. The van der Waals surface area contributed by atoms with E-state index >= 15 is 0 Å². The van der Waals surface area contributed by atoms with Gasteiger partial charge in [-0.3, -0.25) is 0 Å². The molecule has 0 saturated heterocycles. The van der Waals surface area contributed by atoms with Crippen molar-refractivity contribution in [1.29, 1.82) is 0 Å². The maximum absolute atomic E-state index is 6.64. The monoisotopic (exact) mass is 487 g/mol. The predicted molar refractivity (Wildman–Crippen MR) is 111 cm³/mol. The maximum atomic E-state index is 6.64. The quantitative estimate of drug-likeness (QED) is 0.351. The number of aromatic nitrogens is 1. The van der Waals surface area contributed by atoms with Crippen molar-refractivity contribution in [2.45, 2.75) is 15.5 Å². The van der Waals surface area contributed by atoms with E-state index in [9.17, 15) is 0 Å². The molecule has 0 fully saturated rings. The van der Waals surface area contributed by atoms with Gasteiger partial charge < -0.3 is 4.98 Å². The van der Waals surface area contributed by atoms with Crippen LogP contribution in [0.15, 0.2) is 58.9 Å². The van der Waals surface area contributed by atoms with Crippen LogP contribution in [0.1, 0.15) is 5.69 Å². The summed E-state index contributed by atoms with van der Waals surface area (Å²) in [6.45, 7) is 2.11. The lowest BCUT2D eigenvalue weighted by Gasteiger charge is -2.34. The Morgan fingerprint density at radius 1 is 1.25 bits per heavy atom. The molecule has 1 aliphatic heterocycles. The third-order valence-corrected chi connectivity index (χ3v) is 8.54. The maximum Gasteiger partial charge on any atom is 0.170 e. The van der Waals surface area contributed by atoms with Gasteiger partial charge in [0.2, 0.25) is 0 Å². The number of H-pyrrole nitrogens is 1. The number of nitrogens with zero attached hydrogens (tertiary/aromatic N) is 1. The molecule has 0 saturated carbocycles. The number of allylic oxidation sites excluding steroid dienone is 3. The first-order valence-electron chi connectivity index (χ1n) is 7.55. The number of halogens is 4. The molecule has 0 radical (unpaired) electrons. The van der Waals surface area contributed by atoms with Crippen molar-refractivity contribution >= 4 is 71.7 Å². The first-order valence-corrected chi connectivity index (χ1v) is 9.95. The molecule has 0 bridgehead atoms. The van der Waals surface area contributed by atoms with Crippen LogP contribution in [0.25, 0.3) is 10.9 Å². The van der Waals surface area contributed by atoms with E-state index in [-0.39, 0.29) is 5.38 Å². The van der Waals surface area contributed by atoms with Crippen molar-refractivity contribution in [3.63, 3.8) is 0 Å². The first-order chi connectivity index (χ1) is 11.3. The Bertz CT molecular complexity index is 955. The summed E-state index contributed by atoms with van der Waals surface area (Å²) in [6, 6.07) is 8.36. The molecule has 2 aromatic rings. The second kappa shape index (κ2) is 5.49. The lowest BCUT2D eigenvalue weighted by atomic mass is 10.0. The predicted octanol–water partition coefficient (Wildman–Crippen LogP) is 6.42. The minimum Gasteiger partial charge on any atom is -0.354 e. The second-order valence-electron chi connectivity index (χ2n) is 6.34. The van der Waals surface area contributed by atoms with Crippen LogP contribution in [-0.2, 0) is 0 Å². The highest BCUT2D eigenvalue weighted by Gasteiger charge is 2.48. The summed E-state index contributed by atoms with van der Waals surface area (Å²) in [5.41, 5.74) is 5.60. The van der Waals surface area contributed by atoms with Crippen LogP contribution < -0.4 is 4.48 Å². The van der Waals surface area contributed by atoms with Crippen molar-refractivity contribution in [2.24, 2.45) is 0 Å². The second-order valence-corrected chi connectivity index (χ2v) is 10.8. The van der Waals surface area contributed by atoms with Gasteiger partial charge in [0.05, 0.1) is 39.6 Å². The number of benzene rings is 1. The number of hydrogen-bond acceptors (Lipinski definition) is 0. The summed E-state index contributed by atoms with van der Waals surface area (Å²) in [6.07, 6.45) is 6.32. The van der Waals surface area contributed by atoms with E-state index in [2.05, 4.69) is 87.4 Å². The van der Waals surface area contributed by atoms with Crippen molar-refractivity contribution in [2.75, 3.05) is 7.05 Å². The van der Waals surface area contributed by atoms with E-state index in [0.29, 0.717) is 9.52 Å². The van der Waals surface area contributed by atoms with Crippen molar-refractivity contribution in [3.05, 3.63) is 64.6 Å². The van der Waals surface area contributed by atoms with E-state index in [1.165, 1.54) is 11.1 Å². The molecule has 2 atom stereocenters. The third-order valence-electron chi connectivity index (χ3n) is 4.82. The van der Waals surface area contributed by atoms with Crippen LogP contribution in [0.3, 0.4) is 0 Å². The molecule has 2 aliphatic rings. The molecule has 2 unspecified atom stereocenters. The minimum absolute atomic E-state index is 0.299. The number of likely N-dealkylation sites (N-methyl/N-ethyl adjacent to an activating group) is 1. The van der Waals surface area contributed by atoms with Gasteiger partial charge in [0.15, 0.2) is 5.69 Å². The molecule has 1 aromatic carbocycles. The number of aromatic amines is 1. The number of rotatable bonds is 1. The smallest absolute Gasteiger partial charge is 0.170 e. The number of alkyl halides is 3. The summed E-state index contributed by atoms with van der Waals surface area (Å²) >= 11 is 20.4. The fraction of sp³-hybridized carbons (Fsp3) is 0.222. The van der Waals surface area contributed by atoms with Gasteiger partial charge in [0, 0.05) is 6.08 Å². The number of para-hydroxylation sites is 1. The molecule has 1 aliphatic carbocycles. The van der Waals surface area contributed by atoms with Crippen molar-refractivity contribution in [3.8, 4) is 0 Å². The summed E-state index contributed by atoms with van der Waals surface area (Å²) < 4.78 is -0.0859. The van der Waals surface area contributed by atoms with Gasteiger partial charge in [0.1, 0.15) is 15.1 Å². The number of quaternary nitrogens is 1. The highest BCUT2D eigenvalue weighted by Crippen LogP contribution is 2.54. The molecule has 2 nitrogen and oxygen atoms in total. The van der Waals surface area contributed by atoms with E-state index in [0.717, 1.165) is 22.5 Å². The molecule has 0 amide bonds. The number of aryl methyl sites for hydroxylation is 1. The molecule has 4 rings (SSSR count).